The quantitative estimate of drug-likeness (QED) is 0.919. The van der Waals surface area contributed by atoms with Crippen LogP contribution in [0.15, 0.2) is 29.2 Å². The second-order valence-corrected chi connectivity index (χ2v) is 7.56. The molecule has 0 bridgehead atoms. The molecular weight excluding hydrogens is 300 g/mol. The van der Waals surface area contributed by atoms with Crippen molar-refractivity contribution in [1.82, 2.24) is 9.62 Å². The summed E-state index contributed by atoms with van der Waals surface area (Å²) >= 11 is 0. The van der Waals surface area contributed by atoms with Crippen LogP contribution in [0.25, 0.3) is 6.08 Å². The molecule has 2 heterocycles. The van der Waals surface area contributed by atoms with E-state index in [0.29, 0.717) is 4.91 Å². The average Bonchev–Trinajstić information content (AvgIpc) is 2.54. The predicted octanol–water partition coefficient (Wildman–Crippen LogP) is 1.82. The summed E-state index contributed by atoms with van der Waals surface area (Å²) in [6.07, 6.45) is 3.63. The Morgan fingerprint density at radius 1 is 1.36 bits per heavy atom. The molecular formula is C16H22N2O3S. The van der Waals surface area contributed by atoms with Crippen molar-refractivity contribution in [1.29, 1.82) is 0 Å². The van der Waals surface area contributed by atoms with Crippen LogP contribution in [0.2, 0.25) is 0 Å². The van der Waals surface area contributed by atoms with Gasteiger partial charge in [0, 0.05) is 18.2 Å². The minimum atomic E-state index is -3.50. The van der Waals surface area contributed by atoms with Crippen molar-refractivity contribution in [2.75, 3.05) is 26.2 Å². The molecule has 3 rings (SSSR count). The van der Waals surface area contributed by atoms with E-state index in [1.165, 1.54) is 0 Å². The van der Waals surface area contributed by atoms with Gasteiger partial charge in [0.2, 0.25) is 10.0 Å². The molecule has 1 saturated heterocycles. The second-order valence-electron chi connectivity index (χ2n) is 5.79. The Labute approximate surface area is 132 Å². The van der Waals surface area contributed by atoms with E-state index in [-0.39, 0.29) is 12.6 Å². The van der Waals surface area contributed by atoms with Crippen LogP contribution in [0.5, 0.6) is 5.75 Å². The molecule has 1 aromatic carbocycles. The summed E-state index contributed by atoms with van der Waals surface area (Å²) in [4.78, 5) is 2.58. The molecule has 2 aliphatic heterocycles. The highest BCUT2D eigenvalue weighted by atomic mass is 32.2. The molecule has 1 N–H and O–H groups in total. The smallest absolute Gasteiger partial charge is 0.240 e. The summed E-state index contributed by atoms with van der Waals surface area (Å²) in [6, 6.07) is 7.46. The van der Waals surface area contributed by atoms with Crippen molar-refractivity contribution in [3.63, 3.8) is 0 Å². The molecule has 22 heavy (non-hydrogen) atoms. The van der Waals surface area contributed by atoms with E-state index in [1.54, 1.807) is 6.08 Å². The van der Waals surface area contributed by atoms with Crippen LogP contribution < -0.4 is 9.46 Å². The Kier molecular flexibility index (Phi) is 4.52. The molecule has 0 aliphatic carbocycles. The van der Waals surface area contributed by atoms with Crippen molar-refractivity contribution < 1.29 is 13.2 Å². The molecule has 1 atom stereocenters. The van der Waals surface area contributed by atoms with Crippen LogP contribution in [0, 0.1) is 0 Å². The number of nitrogens with zero attached hydrogens (tertiary/aromatic N) is 1. The van der Waals surface area contributed by atoms with E-state index < -0.39 is 10.0 Å². The summed E-state index contributed by atoms with van der Waals surface area (Å²) in [7, 11) is -3.50. The van der Waals surface area contributed by atoms with Crippen molar-refractivity contribution in [3.05, 3.63) is 34.7 Å². The minimum absolute atomic E-state index is 0.0169. The number of rotatable bonds is 4. The molecule has 0 saturated carbocycles. The standard InChI is InChI=1S/C16H22N2O3S/c1-2-18-9-5-7-14(11-18)17-22(19,20)15-10-13-6-3-4-8-16(13)21-12-15/h3-4,6,8,10,14,17H,2,5,7,9,11-12H2,1H3/t14-/m1/s1. The number of para-hydroxylation sites is 1. The number of likely N-dealkylation sites (N-methyl/N-ethyl adjacent to an activating group) is 1. The van der Waals surface area contributed by atoms with E-state index >= 15 is 0 Å². The van der Waals surface area contributed by atoms with E-state index in [9.17, 15) is 8.42 Å². The SMILES string of the molecule is CCN1CCC[C@@H](NS(=O)(=O)C2=Cc3ccccc3OC2)C1. The second kappa shape index (κ2) is 6.40. The molecule has 6 heteroatoms. The van der Waals surface area contributed by atoms with Crippen molar-refractivity contribution >= 4 is 16.1 Å². The summed E-state index contributed by atoms with van der Waals surface area (Å²) in [5.74, 6) is 0.733. The Morgan fingerprint density at radius 3 is 3.00 bits per heavy atom. The molecule has 0 spiro atoms. The zero-order chi connectivity index (χ0) is 15.6. The highest BCUT2D eigenvalue weighted by Gasteiger charge is 2.28. The maximum absolute atomic E-state index is 12.6. The number of hydrogen-bond donors (Lipinski definition) is 1. The van der Waals surface area contributed by atoms with Gasteiger partial charge in [0.15, 0.2) is 0 Å². The first-order valence-electron chi connectivity index (χ1n) is 7.75. The molecule has 1 fully saturated rings. The number of sulfonamides is 1. The van der Waals surface area contributed by atoms with Crippen molar-refractivity contribution in [3.8, 4) is 5.75 Å². The molecule has 2 aliphatic rings. The topological polar surface area (TPSA) is 58.6 Å². The Hall–Kier alpha value is -1.37. The van der Waals surface area contributed by atoms with Crippen LogP contribution in [0.1, 0.15) is 25.3 Å². The first kappa shape index (κ1) is 15.5. The largest absolute Gasteiger partial charge is 0.487 e. The Morgan fingerprint density at radius 2 is 2.18 bits per heavy atom. The number of hydrogen-bond acceptors (Lipinski definition) is 4. The third-order valence-electron chi connectivity index (χ3n) is 4.23. The summed E-state index contributed by atoms with van der Waals surface area (Å²) in [6.45, 7) is 4.98. The van der Waals surface area contributed by atoms with E-state index in [4.69, 9.17) is 4.74 Å². The van der Waals surface area contributed by atoms with Crippen molar-refractivity contribution in [2.45, 2.75) is 25.8 Å². The highest BCUT2D eigenvalue weighted by Crippen LogP contribution is 2.27. The van der Waals surface area contributed by atoms with Crippen LogP contribution in [0.4, 0.5) is 0 Å². The number of nitrogens with one attached hydrogen (secondary N) is 1. The Balaban J connectivity index is 1.75. The van der Waals surface area contributed by atoms with Crippen LogP contribution >= 0.6 is 0 Å². The van der Waals surface area contributed by atoms with Gasteiger partial charge in [-0.15, -0.1) is 0 Å². The lowest BCUT2D eigenvalue weighted by Gasteiger charge is -2.32. The molecule has 120 valence electrons. The summed E-state index contributed by atoms with van der Waals surface area (Å²) < 4.78 is 33.6. The lowest BCUT2D eigenvalue weighted by atomic mass is 10.1. The highest BCUT2D eigenvalue weighted by molar-refractivity contribution is 7.93. The molecule has 0 amide bonds. The molecule has 5 nitrogen and oxygen atoms in total. The number of benzene rings is 1. The van der Waals surface area contributed by atoms with Gasteiger partial charge >= 0.3 is 0 Å². The van der Waals surface area contributed by atoms with Gasteiger partial charge in [-0.1, -0.05) is 25.1 Å². The Bertz CT molecular complexity index is 670. The minimum Gasteiger partial charge on any atom is -0.487 e. The van der Waals surface area contributed by atoms with Gasteiger partial charge in [-0.25, -0.2) is 13.1 Å². The summed E-state index contributed by atoms with van der Waals surface area (Å²) in [5, 5.41) is 0. The van der Waals surface area contributed by atoms with Gasteiger partial charge in [0.05, 0.1) is 4.91 Å². The van der Waals surface area contributed by atoms with E-state index in [1.807, 2.05) is 24.3 Å². The lowest BCUT2D eigenvalue weighted by molar-refractivity contribution is 0.211. The fourth-order valence-electron chi connectivity index (χ4n) is 2.98. The van der Waals surface area contributed by atoms with Gasteiger partial charge in [0.25, 0.3) is 0 Å². The van der Waals surface area contributed by atoms with Gasteiger partial charge in [-0.2, -0.15) is 0 Å². The first-order valence-corrected chi connectivity index (χ1v) is 9.24. The molecule has 0 radical (unpaired) electrons. The van der Waals surface area contributed by atoms with Gasteiger partial charge < -0.3 is 9.64 Å². The molecule has 1 aromatic rings. The fourth-order valence-corrected chi connectivity index (χ4v) is 4.26. The van der Waals surface area contributed by atoms with Gasteiger partial charge in [0.1, 0.15) is 12.4 Å². The fraction of sp³-hybridized carbons (Fsp3) is 0.500. The van der Waals surface area contributed by atoms with E-state index in [0.717, 1.165) is 43.8 Å². The third-order valence-corrected chi connectivity index (χ3v) is 5.79. The average molecular weight is 322 g/mol. The van der Waals surface area contributed by atoms with Crippen molar-refractivity contribution in [2.24, 2.45) is 0 Å². The zero-order valence-electron chi connectivity index (χ0n) is 12.8. The monoisotopic (exact) mass is 322 g/mol. The lowest BCUT2D eigenvalue weighted by Crippen LogP contribution is -2.48. The number of likely N-dealkylation sites (tertiary alicyclic amines) is 1. The first-order chi connectivity index (χ1) is 10.6. The maximum atomic E-state index is 12.6. The number of ether oxygens (including phenoxy) is 1. The number of piperidine rings is 1. The normalized spacial score (nSPS) is 22.6. The van der Waals surface area contributed by atoms with E-state index in [2.05, 4.69) is 16.5 Å². The molecule has 0 aromatic heterocycles. The zero-order valence-corrected chi connectivity index (χ0v) is 13.6. The third kappa shape index (κ3) is 3.34. The predicted molar refractivity (Wildman–Crippen MR) is 87.1 cm³/mol. The van der Waals surface area contributed by atoms with Gasteiger partial charge in [-0.05, 0) is 38.1 Å². The number of fused-ring (bicyclic) bond motifs is 1. The van der Waals surface area contributed by atoms with Gasteiger partial charge in [-0.3, -0.25) is 0 Å². The maximum Gasteiger partial charge on any atom is 0.240 e. The van der Waals surface area contributed by atoms with Crippen LogP contribution in [-0.4, -0.2) is 45.6 Å². The van der Waals surface area contributed by atoms with Crippen LogP contribution in [-0.2, 0) is 10.0 Å². The van der Waals surface area contributed by atoms with Crippen LogP contribution in [0.3, 0.4) is 0 Å². The molecule has 0 unspecified atom stereocenters. The summed E-state index contributed by atoms with van der Waals surface area (Å²) in [5.41, 5.74) is 0.813.